The summed E-state index contributed by atoms with van der Waals surface area (Å²) in [5.41, 5.74) is 5.62. The van der Waals surface area contributed by atoms with Gasteiger partial charge in [0.2, 0.25) is 0 Å². The zero-order valence-electron chi connectivity index (χ0n) is 12.7. The molecule has 2 aliphatic heterocycles. The fourth-order valence-electron chi connectivity index (χ4n) is 3.50. The summed E-state index contributed by atoms with van der Waals surface area (Å²) in [6.07, 6.45) is 6.22. The molecule has 0 saturated carbocycles. The number of halogens is 1. The van der Waals surface area contributed by atoms with Crippen molar-refractivity contribution in [2.24, 2.45) is 11.7 Å². The fraction of sp³-hybridized carbons (Fsp3) is 0.933. The Morgan fingerprint density at radius 2 is 2.10 bits per heavy atom. The molecule has 0 aliphatic carbocycles. The molecule has 2 N–H and O–H groups in total. The van der Waals surface area contributed by atoms with Gasteiger partial charge in [-0.2, -0.15) is 0 Å². The molecule has 0 spiro atoms. The van der Waals surface area contributed by atoms with Crippen LogP contribution in [0.3, 0.4) is 0 Å². The number of rotatable bonds is 4. The minimum atomic E-state index is -0.238. The predicted molar refractivity (Wildman–Crippen MR) is 83.0 cm³/mol. The van der Waals surface area contributed by atoms with Crippen molar-refractivity contribution >= 4 is 18.3 Å². The van der Waals surface area contributed by atoms with E-state index in [1.807, 2.05) is 0 Å². The molecule has 4 nitrogen and oxygen atoms in total. The zero-order valence-corrected chi connectivity index (χ0v) is 13.5. The minimum Gasteiger partial charge on any atom is -0.364 e. The molecule has 5 heteroatoms. The van der Waals surface area contributed by atoms with E-state index in [0.717, 1.165) is 38.6 Å². The van der Waals surface area contributed by atoms with E-state index in [9.17, 15) is 4.79 Å². The molecule has 2 saturated heterocycles. The van der Waals surface area contributed by atoms with Gasteiger partial charge in [0.1, 0.15) is 6.10 Å². The molecule has 1 amide bonds. The summed E-state index contributed by atoms with van der Waals surface area (Å²) >= 11 is 0. The summed E-state index contributed by atoms with van der Waals surface area (Å²) < 4.78 is 5.77. The lowest BCUT2D eigenvalue weighted by molar-refractivity contribution is -0.148. The lowest BCUT2D eigenvalue weighted by Gasteiger charge is -2.41. The van der Waals surface area contributed by atoms with Crippen molar-refractivity contribution in [3.05, 3.63) is 0 Å². The summed E-state index contributed by atoms with van der Waals surface area (Å²) in [6, 6.07) is 0.409. The third-order valence-electron chi connectivity index (χ3n) is 4.63. The second-order valence-corrected chi connectivity index (χ2v) is 6.07. The van der Waals surface area contributed by atoms with Crippen LogP contribution >= 0.6 is 12.4 Å². The largest absolute Gasteiger partial charge is 0.364 e. The van der Waals surface area contributed by atoms with Crippen LogP contribution in [0, 0.1) is 5.92 Å². The second kappa shape index (κ2) is 8.20. The molecule has 2 aliphatic rings. The summed E-state index contributed by atoms with van der Waals surface area (Å²) in [7, 11) is 0. The second-order valence-electron chi connectivity index (χ2n) is 6.07. The van der Waals surface area contributed by atoms with E-state index in [1.165, 1.54) is 6.42 Å². The summed E-state index contributed by atoms with van der Waals surface area (Å²) in [6.45, 7) is 5.90. The van der Waals surface area contributed by atoms with Crippen molar-refractivity contribution in [3.8, 4) is 0 Å². The van der Waals surface area contributed by atoms with Crippen LogP contribution < -0.4 is 5.73 Å². The number of piperidine rings is 1. The number of likely N-dealkylation sites (tertiary alicyclic amines) is 1. The molecule has 2 rings (SSSR count). The highest BCUT2D eigenvalue weighted by Crippen LogP contribution is 2.29. The Labute approximate surface area is 128 Å². The van der Waals surface area contributed by atoms with E-state index in [1.54, 1.807) is 0 Å². The van der Waals surface area contributed by atoms with E-state index < -0.39 is 0 Å². The maximum Gasteiger partial charge on any atom is 0.251 e. The smallest absolute Gasteiger partial charge is 0.251 e. The van der Waals surface area contributed by atoms with Crippen LogP contribution in [0.2, 0.25) is 0 Å². The number of nitrogens with two attached hydrogens (primary N) is 1. The molecular weight excluding hydrogens is 276 g/mol. The lowest BCUT2D eigenvalue weighted by Crippen LogP contribution is -2.51. The molecule has 2 fully saturated rings. The van der Waals surface area contributed by atoms with Gasteiger partial charge in [0.15, 0.2) is 0 Å². The Hall–Kier alpha value is -0.320. The highest BCUT2D eigenvalue weighted by Gasteiger charge is 2.38. The SMILES string of the molecule is CCCC1C(C)CCCN1C(=O)[C@@H]1CC[C@H](CN)O1.Cl. The van der Waals surface area contributed by atoms with Gasteiger partial charge in [-0.3, -0.25) is 4.79 Å². The first-order valence-corrected chi connectivity index (χ1v) is 7.83. The molecule has 0 aromatic rings. The number of carbonyl (C=O) groups is 1. The van der Waals surface area contributed by atoms with E-state index in [4.69, 9.17) is 10.5 Å². The van der Waals surface area contributed by atoms with E-state index in [0.29, 0.717) is 18.5 Å². The molecular formula is C15H29ClN2O2. The molecule has 118 valence electrons. The van der Waals surface area contributed by atoms with Gasteiger partial charge >= 0.3 is 0 Å². The normalized spacial score (nSPS) is 33.9. The zero-order chi connectivity index (χ0) is 13.8. The van der Waals surface area contributed by atoms with Crippen molar-refractivity contribution in [3.63, 3.8) is 0 Å². The minimum absolute atomic E-state index is 0. The maximum atomic E-state index is 12.7. The maximum absolute atomic E-state index is 12.7. The average molecular weight is 305 g/mol. The van der Waals surface area contributed by atoms with Gasteiger partial charge in [0.25, 0.3) is 5.91 Å². The van der Waals surface area contributed by atoms with Crippen molar-refractivity contribution in [1.29, 1.82) is 0 Å². The van der Waals surface area contributed by atoms with Gasteiger partial charge in [0.05, 0.1) is 6.10 Å². The number of hydrogen-bond donors (Lipinski definition) is 1. The number of amides is 1. The quantitative estimate of drug-likeness (QED) is 0.867. The van der Waals surface area contributed by atoms with Crippen molar-refractivity contribution in [2.45, 2.75) is 70.6 Å². The first-order valence-electron chi connectivity index (χ1n) is 7.83. The van der Waals surface area contributed by atoms with Crippen LogP contribution in [0.4, 0.5) is 0 Å². The van der Waals surface area contributed by atoms with Crippen LogP contribution in [0.25, 0.3) is 0 Å². The molecule has 2 heterocycles. The van der Waals surface area contributed by atoms with Gasteiger partial charge in [0, 0.05) is 19.1 Å². The van der Waals surface area contributed by atoms with Gasteiger partial charge in [-0.25, -0.2) is 0 Å². The van der Waals surface area contributed by atoms with Crippen molar-refractivity contribution in [2.75, 3.05) is 13.1 Å². The Morgan fingerprint density at radius 1 is 1.35 bits per heavy atom. The molecule has 20 heavy (non-hydrogen) atoms. The highest BCUT2D eigenvalue weighted by atomic mass is 35.5. The van der Waals surface area contributed by atoms with Crippen LogP contribution in [0.5, 0.6) is 0 Å². The molecule has 0 bridgehead atoms. The first-order chi connectivity index (χ1) is 9.17. The predicted octanol–water partition coefficient (Wildman–Crippen LogP) is 2.34. The van der Waals surface area contributed by atoms with Crippen LogP contribution in [-0.2, 0) is 9.53 Å². The third kappa shape index (κ3) is 3.86. The van der Waals surface area contributed by atoms with Crippen LogP contribution in [-0.4, -0.2) is 42.1 Å². The summed E-state index contributed by atoms with van der Waals surface area (Å²) in [4.78, 5) is 14.8. The van der Waals surface area contributed by atoms with Gasteiger partial charge < -0.3 is 15.4 Å². The Bertz CT molecular complexity index is 314. The Balaban J connectivity index is 0.00000200. The van der Waals surface area contributed by atoms with E-state index in [-0.39, 0.29) is 30.5 Å². The van der Waals surface area contributed by atoms with Crippen molar-refractivity contribution in [1.82, 2.24) is 4.90 Å². The average Bonchev–Trinajstić information content (AvgIpc) is 2.89. The van der Waals surface area contributed by atoms with E-state index in [2.05, 4.69) is 18.7 Å². The Morgan fingerprint density at radius 3 is 2.70 bits per heavy atom. The topological polar surface area (TPSA) is 55.6 Å². The monoisotopic (exact) mass is 304 g/mol. The van der Waals surface area contributed by atoms with Gasteiger partial charge in [-0.05, 0) is 38.0 Å². The number of ether oxygens (including phenoxy) is 1. The molecule has 0 aromatic heterocycles. The molecule has 4 atom stereocenters. The standard InChI is InChI=1S/C15H28N2O2.ClH/c1-3-5-13-11(2)6-4-9-17(13)15(18)14-8-7-12(10-16)19-14;/h11-14H,3-10,16H2,1-2H3;1H/t11?,12-,13?,14+;/m1./s1. The first kappa shape index (κ1) is 17.7. The fourth-order valence-corrected chi connectivity index (χ4v) is 3.50. The van der Waals surface area contributed by atoms with Gasteiger partial charge in [-0.1, -0.05) is 20.3 Å². The third-order valence-corrected chi connectivity index (χ3v) is 4.63. The number of hydrogen-bond acceptors (Lipinski definition) is 3. The molecule has 2 unspecified atom stereocenters. The summed E-state index contributed by atoms with van der Waals surface area (Å²) in [5.74, 6) is 0.824. The van der Waals surface area contributed by atoms with Crippen LogP contribution in [0.1, 0.15) is 52.4 Å². The highest BCUT2D eigenvalue weighted by molar-refractivity contribution is 5.85. The van der Waals surface area contributed by atoms with Crippen LogP contribution in [0.15, 0.2) is 0 Å². The van der Waals surface area contributed by atoms with Crippen molar-refractivity contribution < 1.29 is 9.53 Å². The Kier molecular flexibility index (Phi) is 7.27. The molecule has 0 aromatic carbocycles. The summed E-state index contributed by atoms with van der Waals surface area (Å²) in [5, 5.41) is 0. The van der Waals surface area contributed by atoms with E-state index >= 15 is 0 Å². The van der Waals surface area contributed by atoms with Gasteiger partial charge in [-0.15, -0.1) is 12.4 Å². The number of carbonyl (C=O) groups excluding carboxylic acids is 1. The lowest BCUT2D eigenvalue weighted by atomic mass is 9.87. The number of nitrogens with zero attached hydrogens (tertiary/aromatic N) is 1. The molecule has 0 radical (unpaired) electrons.